The third-order valence-electron chi connectivity index (χ3n) is 3.62. The number of nitrogens with zero attached hydrogens (tertiary/aromatic N) is 2. The molecule has 0 atom stereocenters. The highest BCUT2D eigenvalue weighted by atomic mass is 16.4. The van der Waals surface area contributed by atoms with E-state index in [1.807, 2.05) is 60.8 Å². The van der Waals surface area contributed by atoms with E-state index < -0.39 is 0 Å². The first-order valence-electron chi connectivity index (χ1n) is 7.17. The largest absolute Gasteiger partial charge is 0.411 e. The lowest BCUT2D eigenvalue weighted by Crippen LogP contribution is -2.44. The van der Waals surface area contributed by atoms with Crippen LogP contribution in [0.3, 0.4) is 0 Å². The molecule has 0 radical (unpaired) electrons. The molecule has 108 valence electrons. The van der Waals surface area contributed by atoms with Crippen molar-refractivity contribution in [2.45, 2.75) is 6.04 Å². The van der Waals surface area contributed by atoms with E-state index in [9.17, 15) is 0 Å². The minimum Gasteiger partial charge on any atom is -0.411 e. The summed E-state index contributed by atoms with van der Waals surface area (Å²) in [6.07, 6.45) is 3.46. The molecule has 0 spiro atoms. The Morgan fingerprint density at radius 2 is 1.32 bits per heavy atom. The fraction of sp³-hybridized carbons (Fsp3) is 0.0526. The molecule has 0 bridgehead atoms. The molecule has 3 aromatic rings. The van der Waals surface area contributed by atoms with E-state index in [2.05, 4.69) is 34.0 Å². The summed E-state index contributed by atoms with van der Waals surface area (Å²) in [4.78, 5) is 0. The Labute approximate surface area is 129 Å². The average Bonchev–Trinajstić information content (AvgIpc) is 2.59. The van der Waals surface area contributed by atoms with Crippen molar-refractivity contribution in [3.8, 4) is 0 Å². The van der Waals surface area contributed by atoms with Gasteiger partial charge in [0.2, 0.25) is 11.7 Å². The molecule has 0 saturated heterocycles. The highest BCUT2D eigenvalue weighted by Crippen LogP contribution is 2.21. The summed E-state index contributed by atoms with van der Waals surface area (Å²) < 4.78 is 2.10. The van der Waals surface area contributed by atoms with Gasteiger partial charge in [-0.2, -0.15) is 4.57 Å². The van der Waals surface area contributed by atoms with Gasteiger partial charge >= 0.3 is 0 Å². The van der Waals surface area contributed by atoms with Gasteiger partial charge in [0.05, 0.1) is 0 Å². The molecule has 0 saturated carbocycles. The standard InChI is InChI=1S/C19H16N2O/c22-20-15-18-13-7-8-14-21(18)19(16-9-3-1-4-10-16)17-11-5-2-6-12-17/h1-15,19H/p+1. The number of pyridine rings is 1. The van der Waals surface area contributed by atoms with Crippen LogP contribution in [0.25, 0.3) is 0 Å². The first-order valence-corrected chi connectivity index (χ1v) is 7.17. The summed E-state index contributed by atoms with van der Waals surface area (Å²) in [5.74, 6) is 0. The predicted octanol–water partition coefficient (Wildman–Crippen LogP) is 3.42. The Hall–Kier alpha value is -2.94. The molecule has 3 rings (SSSR count). The van der Waals surface area contributed by atoms with Crippen molar-refractivity contribution in [2.24, 2.45) is 5.16 Å². The van der Waals surface area contributed by atoms with Crippen LogP contribution in [0.4, 0.5) is 0 Å². The van der Waals surface area contributed by atoms with Crippen LogP contribution in [0.2, 0.25) is 0 Å². The third kappa shape index (κ3) is 2.88. The maximum absolute atomic E-state index is 8.92. The van der Waals surface area contributed by atoms with Crippen molar-refractivity contribution in [3.05, 3.63) is 102 Å². The van der Waals surface area contributed by atoms with E-state index in [-0.39, 0.29) is 6.04 Å². The van der Waals surface area contributed by atoms with Crippen LogP contribution in [0.5, 0.6) is 0 Å². The fourth-order valence-corrected chi connectivity index (χ4v) is 2.66. The fourth-order valence-electron chi connectivity index (χ4n) is 2.66. The lowest BCUT2D eigenvalue weighted by atomic mass is 9.98. The summed E-state index contributed by atoms with van der Waals surface area (Å²) in [7, 11) is 0. The molecule has 0 aliphatic rings. The number of hydrogen-bond acceptors (Lipinski definition) is 2. The van der Waals surface area contributed by atoms with Gasteiger partial charge in [-0.3, -0.25) is 0 Å². The maximum atomic E-state index is 8.92. The van der Waals surface area contributed by atoms with Gasteiger partial charge in [-0.25, -0.2) is 0 Å². The quantitative estimate of drug-likeness (QED) is 0.340. The van der Waals surface area contributed by atoms with E-state index in [0.29, 0.717) is 0 Å². The lowest BCUT2D eigenvalue weighted by Gasteiger charge is -2.15. The van der Waals surface area contributed by atoms with Gasteiger partial charge in [0.25, 0.3) is 0 Å². The summed E-state index contributed by atoms with van der Waals surface area (Å²) in [5.41, 5.74) is 3.19. The van der Waals surface area contributed by atoms with Crippen molar-refractivity contribution in [3.63, 3.8) is 0 Å². The molecule has 0 unspecified atom stereocenters. The van der Waals surface area contributed by atoms with Crippen LogP contribution in [-0.2, 0) is 0 Å². The topological polar surface area (TPSA) is 36.5 Å². The smallest absolute Gasteiger partial charge is 0.227 e. The second kappa shape index (κ2) is 6.68. The van der Waals surface area contributed by atoms with Crippen LogP contribution in [0.1, 0.15) is 22.9 Å². The van der Waals surface area contributed by atoms with E-state index in [1.165, 1.54) is 17.3 Å². The minimum absolute atomic E-state index is 0.0246. The van der Waals surface area contributed by atoms with Crippen LogP contribution >= 0.6 is 0 Å². The molecule has 1 aromatic heterocycles. The average molecular weight is 289 g/mol. The molecular formula is C19H17N2O+. The number of aromatic nitrogens is 1. The van der Waals surface area contributed by atoms with Gasteiger partial charge < -0.3 is 5.21 Å². The molecule has 0 amide bonds. The molecule has 1 heterocycles. The van der Waals surface area contributed by atoms with Gasteiger partial charge in [-0.15, -0.1) is 0 Å². The van der Waals surface area contributed by atoms with Crippen molar-refractivity contribution in [1.29, 1.82) is 0 Å². The second-order valence-corrected chi connectivity index (χ2v) is 5.00. The summed E-state index contributed by atoms with van der Waals surface area (Å²) in [5, 5.41) is 12.1. The van der Waals surface area contributed by atoms with Crippen LogP contribution in [0, 0.1) is 0 Å². The van der Waals surface area contributed by atoms with Gasteiger partial charge in [-0.1, -0.05) is 65.8 Å². The molecule has 2 aromatic carbocycles. The number of hydrogen-bond donors (Lipinski definition) is 1. The summed E-state index contributed by atoms with van der Waals surface area (Å²) in [6.45, 7) is 0. The van der Waals surface area contributed by atoms with Crippen molar-refractivity contribution >= 4 is 6.21 Å². The SMILES string of the molecule is ON=Cc1cccc[n+]1C(c1ccccc1)c1ccccc1. The molecular weight excluding hydrogens is 272 g/mol. The lowest BCUT2D eigenvalue weighted by molar-refractivity contribution is -0.705. The van der Waals surface area contributed by atoms with Gasteiger partial charge in [0.15, 0.2) is 6.20 Å². The van der Waals surface area contributed by atoms with E-state index in [1.54, 1.807) is 0 Å². The van der Waals surface area contributed by atoms with Crippen molar-refractivity contribution in [1.82, 2.24) is 0 Å². The zero-order valence-electron chi connectivity index (χ0n) is 12.1. The monoisotopic (exact) mass is 289 g/mol. The Balaban J connectivity index is 2.19. The Kier molecular flexibility index (Phi) is 4.25. The molecule has 0 aliphatic carbocycles. The van der Waals surface area contributed by atoms with Crippen LogP contribution in [0.15, 0.2) is 90.2 Å². The molecule has 3 heteroatoms. The third-order valence-corrected chi connectivity index (χ3v) is 3.62. The maximum Gasteiger partial charge on any atom is 0.227 e. The molecule has 1 N–H and O–H groups in total. The summed E-state index contributed by atoms with van der Waals surface area (Å²) >= 11 is 0. The normalized spacial score (nSPS) is 11.1. The minimum atomic E-state index is 0.0246. The molecule has 22 heavy (non-hydrogen) atoms. The number of rotatable bonds is 4. The second-order valence-electron chi connectivity index (χ2n) is 5.00. The van der Waals surface area contributed by atoms with E-state index in [0.717, 1.165) is 5.69 Å². The Bertz CT molecular complexity index is 715. The zero-order chi connectivity index (χ0) is 15.2. The zero-order valence-corrected chi connectivity index (χ0v) is 12.1. The van der Waals surface area contributed by atoms with Crippen LogP contribution < -0.4 is 4.57 Å². The number of oxime groups is 1. The van der Waals surface area contributed by atoms with Gasteiger partial charge in [0, 0.05) is 23.3 Å². The first-order chi connectivity index (χ1) is 10.9. The first kappa shape index (κ1) is 14.0. The van der Waals surface area contributed by atoms with Crippen molar-refractivity contribution in [2.75, 3.05) is 0 Å². The highest BCUT2D eigenvalue weighted by molar-refractivity contribution is 5.74. The van der Waals surface area contributed by atoms with Crippen molar-refractivity contribution < 1.29 is 9.77 Å². The van der Waals surface area contributed by atoms with Gasteiger partial charge in [-0.05, 0) is 6.07 Å². The highest BCUT2D eigenvalue weighted by Gasteiger charge is 2.25. The Morgan fingerprint density at radius 1 is 0.773 bits per heavy atom. The molecule has 0 fully saturated rings. The van der Waals surface area contributed by atoms with Crippen LogP contribution in [-0.4, -0.2) is 11.4 Å². The predicted molar refractivity (Wildman–Crippen MR) is 86.1 cm³/mol. The van der Waals surface area contributed by atoms with E-state index >= 15 is 0 Å². The molecule has 3 nitrogen and oxygen atoms in total. The van der Waals surface area contributed by atoms with E-state index in [4.69, 9.17) is 5.21 Å². The Morgan fingerprint density at radius 3 is 1.86 bits per heavy atom. The van der Waals surface area contributed by atoms with Gasteiger partial charge in [0.1, 0.15) is 6.21 Å². The number of benzene rings is 2. The summed E-state index contributed by atoms with van der Waals surface area (Å²) in [6, 6.07) is 26.5. The molecule has 0 aliphatic heterocycles.